The van der Waals surface area contributed by atoms with Crippen LogP contribution in [0.4, 0.5) is 14.5 Å². The summed E-state index contributed by atoms with van der Waals surface area (Å²) in [5.41, 5.74) is 0.0705. The highest BCUT2D eigenvalue weighted by atomic mass is 127. The second-order valence-corrected chi connectivity index (χ2v) is 6.88. The summed E-state index contributed by atoms with van der Waals surface area (Å²) in [5.74, 6) is -0.267. The molecule has 0 saturated carbocycles. The fourth-order valence-corrected chi connectivity index (χ4v) is 3.47. The van der Waals surface area contributed by atoms with E-state index in [-0.39, 0.29) is 35.7 Å². The Bertz CT molecular complexity index is 590. The summed E-state index contributed by atoms with van der Waals surface area (Å²) in [6, 6.07) is 4.12. The van der Waals surface area contributed by atoms with Gasteiger partial charge in [-0.25, -0.2) is 8.78 Å². The van der Waals surface area contributed by atoms with Gasteiger partial charge < -0.3 is 20.4 Å². The lowest BCUT2D eigenvalue weighted by molar-refractivity contribution is 0.297. The van der Waals surface area contributed by atoms with Crippen LogP contribution in [0.3, 0.4) is 0 Å². The first kappa shape index (κ1) is 24.9. The molecule has 2 N–H and O–H groups in total. The zero-order chi connectivity index (χ0) is 19.6. The van der Waals surface area contributed by atoms with Crippen molar-refractivity contribution in [1.29, 1.82) is 0 Å². The molecular weight excluding hydrogens is 475 g/mol. The minimum absolute atomic E-state index is 0. The van der Waals surface area contributed by atoms with Crippen LogP contribution in [0.1, 0.15) is 33.1 Å². The average molecular weight is 509 g/mol. The van der Waals surface area contributed by atoms with Crippen LogP contribution in [0.15, 0.2) is 23.2 Å². The molecule has 1 aromatic carbocycles. The highest BCUT2D eigenvalue weighted by Crippen LogP contribution is 2.26. The zero-order valence-corrected chi connectivity index (χ0v) is 19.5. The third-order valence-corrected chi connectivity index (χ3v) is 5.09. The van der Waals surface area contributed by atoms with Crippen molar-refractivity contribution in [3.63, 3.8) is 0 Å². The number of halogens is 3. The highest BCUT2D eigenvalue weighted by Gasteiger charge is 2.27. The number of hydrogen-bond donors (Lipinski definition) is 2. The minimum Gasteiger partial charge on any atom is -0.365 e. The maximum atomic E-state index is 14.0. The van der Waals surface area contributed by atoms with Crippen molar-refractivity contribution < 1.29 is 8.78 Å². The van der Waals surface area contributed by atoms with Crippen LogP contribution < -0.4 is 15.5 Å². The molecule has 2 rings (SSSR count). The van der Waals surface area contributed by atoms with E-state index in [1.807, 2.05) is 0 Å². The van der Waals surface area contributed by atoms with Gasteiger partial charge in [-0.15, -0.1) is 24.0 Å². The van der Waals surface area contributed by atoms with Gasteiger partial charge in [0.1, 0.15) is 17.3 Å². The average Bonchev–Trinajstić information content (AvgIpc) is 3.11. The van der Waals surface area contributed by atoms with Gasteiger partial charge in [0.2, 0.25) is 0 Å². The first-order chi connectivity index (χ1) is 13.1. The molecule has 1 aromatic rings. The summed E-state index contributed by atoms with van der Waals surface area (Å²) in [4.78, 5) is 8.45. The standard InChI is InChI=1S/C20H33F2N5.HI/c1-4-26(5-2)13-7-6-12-24-20(23-3)25-16-11-14-27(15-16)19-17(21)9-8-10-18(19)22;/h8-10,16H,4-7,11-15H2,1-3H3,(H2,23,24,25);1H. The fraction of sp³-hybridized carbons (Fsp3) is 0.650. The molecule has 1 saturated heterocycles. The predicted octanol–water partition coefficient (Wildman–Crippen LogP) is 3.45. The fourth-order valence-electron chi connectivity index (χ4n) is 3.47. The molecule has 1 aliphatic heterocycles. The van der Waals surface area contributed by atoms with Crippen molar-refractivity contribution >= 4 is 35.6 Å². The Labute approximate surface area is 185 Å². The van der Waals surface area contributed by atoms with Crippen LogP contribution in [0.5, 0.6) is 0 Å². The molecule has 1 atom stereocenters. The van der Waals surface area contributed by atoms with E-state index in [0.29, 0.717) is 13.1 Å². The number of unbranched alkanes of at least 4 members (excludes halogenated alkanes) is 1. The molecule has 28 heavy (non-hydrogen) atoms. The molecule has 8 heteroatoms. The first-order valence-corrected chi connectivity index (χ1v) is 9.97. The number of para-hydroxylation sites is 1. The zero-order valence-electron chi connectivity index (χ0n) is 17.2. The normalized spacial score (nSPS) is 17.0. The van der Waals surface area contributed by atoms with Crippen molar-refractivity contribution in [2.75, 3.05) is 51.2 Å². The van der Waals surface area contributed by atoms with Crippen molar-refractivity contribution in [3.05, 3.63) is 29.8 Å². The summed E-state index contributed by atoms with van der Waals surface area (Å²) in [6.45, 7) is 9.71. The van der Waals surface area contributed by atoms with Gasteiger partial charge in [-0.1, -0.05) is 19.9 Å². The largest absolute Gasteiger partial charge is 0.365 e. The molecule has 0 amide bonds. The highest BCUT2D eigenvalue weighted by molar-refractivity contribution is 14.0. The van der Waals surface area contributed by atoms with Gasteiger partial charge in [0, 0.05) is 32.7 Å². The van der Waals surface area contributed by atoms with Gasteiger partial charge in [-0.05, 0) is 51.0 Å². The molecule has 1 aliphatic rings. The van der Waals surface area contributed by atoms with E-state index in [1.165, 1.54) is 18.2 Å². The maximum absolute atomic E-state index is 14.0. The second-order valence-electron chi connectivity index (χ2n) is 6.88. The molecule has 160 valence electrons. The van der Waals surface area contributed by atoms with Gasteiger partial charge in [-0.2, -0.15) is 0 Å². The van der Waals surface area contributed by atoms with Crippen molar-refractivity contribution in [2.45, 2.75) is 39.2 Å². The molecular formula is C20H34F2IN5. The lowest BCUT2D eigenvalue weighted by atomic mass is 10.2. The van der Waals surface area contributed by atoms with Crippen molar-refractivity contribution in [3.8, 4) is 0 Å². The minimum atomic E-state index is -0.508. The maximum Gasteiger partial charge on any atom is 0.191 e. The molecule has 5 nitrogen and oxygen atoms in total. The van der Waals surface area contributed by atoms with Gasteiger partial charge in [0.05, 0.1) is 0 Å². The predicted molar refractivity (Wildman–Crippen MR) is 124 cm³/mol. The molecule has 0 aromatic heterocycles. The van der Waals surface area contributed by atoms with Crippen LogP contribution in [0, 0.1) is 11.6 Å². The number of hydrogen-bond acceptors (Lipinski definition) is 3. The quantitative estimate of drug-likeness (QED) is 0.232. The van der Waals surface area contributed by atoms with Gasteiger partial charge in [0.15, 0.2) is 5.96 Å². The van der Waals surface area contributed by atoms with E-state index in [0.717, 1.165) is 51.4 Å². The van der Waals surface area contributed by atoms with Gasteiger partial charge in [-0.3, -0.25) is 4.99 Å². The van der Waals surface area contributed by atoms with E-state index in [1.54, 1.807) is 11.9 Å². The lowest BCUT2D eigenvalue weighted by Gasteiger charge is -2.21. The Kier molecular flexibility index (Phi) is 11.7. The third kappa shape index (κ3) is 7.35. The Morgan fingerprint density at radius 1 is 1.21 bits per heavy atom. The van der Waals surface area contributed by atoms with Crippen molar-refractivity contribution in [1.82, 2.24) is 15.5 Å². The molecule has 0 bridgehead atoms. The SMILES string of the molecule is CCN(CC)CCCCNC(=NC)NC1CCN(c2c(F)cccc2F)C1.I. The number of aliphatic imine (C=N–C) groups is 1. The van der Waals surface area contributed by atoms with Crippen LogP contribution >= 0.6 is 24.0 Å². The van der Waals surface area contributed by atoms with Crippen LogP contribution in [0.25, 0.3) is 0 Å². The van der Waals surface area contributed by atoms with Crippen molar-refractivity contribution in [2.24, 2.45) is 4.99 Å². The Morgan fingerprint density at radius 3 is 2.50 bits per heavy atom. The van der Waals surface area contributed by atoms with Crippen LogP contribution in [-0.2, 0) is 0 Å². The molecule has 1 unspecified atom stereocenters. The summed E-state index contributed by atoms with van der Waals surface area (Å²) in [7, 11) is 1.74. The van der Waals surface area contributed by atoms with E-state index in [4.69, 9.17) is 0 Å². The molecule has 1 fully saturated rings. The summed E-state index contributed by atoms with van der Waals surface area (Å²) in [6.07, 6.45) is 3.04. The molecule has 0 radical (unpaired) electrons. The Morgan fingerprint density at radius 2 is 1.89 bits per heavy atom. The lowest BCUT2D eigenvalue weighted by Crippen LogP contribution is -2.45. The van der Waals surface area contributed by atoms with Gasteiger partial charge >= 0.3 is 0 Å². The third-order valence-electron chi connectivity index (χ3n) is 5.09. The monoisotopic (exact) mass is 509 g/mol. The number of benzene rings is 1. The van der Waals surface area contributed by atoms with Crippen LogP contribution in [-0.4, -0.2) is 63.2 Å². The summed E-state index contributed by atoms with van der Waals surface area (Å²) >= 11 is 0. The second kappa shape index (κ2) is 13.1. The number of nitrogens with one attached hydrogen (secondary N) is 2. The summed E-state index contributed by atoms with van der Waals surface area (Å²) in [5, 5.41) is 6.71. The number of anilines is 1. The van der Waals surface area contributed by atoms with E-state index in [2.05, 4.69) is 34.4 Å². The topological polar surface area (TPSA) is 42.9 Å². The summed E-state index contributed by atoms with van der Waals surface area (Å²) < 4.78 is 27.9. The number of rotatable bonds is 9. The Balaban J connectivity index is 0.00000392. The van der Waals surface area contributed by atoms with Crippen LogP contribution in [0.2, 0.25) is 0 Å². The number of nitrogens with zero attached hydrogens (tertiary/aromatic N) is 3. The number of guanidine groups is 1. The van der Waals surface area contributed by atoms with Gasteiger partial charge in [0.25, 0.3) is 0 Å². The molecule has 1 heterocycles. The van der Waals surface area contributed by atoms with E-state index in [9.17, 15) is 8.78 Å². The Hall–Kier alpha value is -1.16. The molecule has 0 aliphatic carbocycles. The first-order valence-electron chi connectivity index (χ1n) is 9.97. The van der Waals surface area contributed by atoms with E-state index < -0.39 is 11.6 Å². The van der Waals surface area contributed by atoms with E-state index >= 15 is 0 Å². The molecule has 0 spiro atoms. The smallest absolute Gasteiger partial charge is 0.191 e.